The molecule has 4 rings (SSSR count). The maximum Gasteiger partial charge on any atom is 0.230 e. The van der Waals surface area contributed by atoms with Crippen LogP contribution in [0, 0.1) is 5.92 Å². The molecule has 0 aliphatic heterocycles. The summed E-state index contributed by atoms with van der Waals surface area (Å²) in [5.41, 5.74) is 2.49. The highest BCUT2D eigenvalue weighted by Crippen LogP contribution is 2.46. The summed E-state index contributed by atoms with van der Waals surface area (Å²) < 4.78 is 2.31. The van der Waals surface area contributed by atoms with E-state index >= 15 is 0 Å². The molecule has 1 aromatic heterocycles. The predicted molar refractivity (Wildman–Crippen MR) is 117 cm³/mol. The Morgan fingerprint density at radius 1 is 1.07 bits per heavy atom. The molecule has 0 saturated heterocycles. The summed E-state index contributed by atoms with van der Waals surface area (Å²) >= 11 is 1.52. The van der Waals surface area contributed by atoms with Crippen molar-refractivity contribution in [3.05, 3.63) is 41.2 Å². The van der Waals surface area contributed by atoms with Crippen LogP contribution in [0.5, 0.6) is 0 Å². The van der Waals surface area contributed by atoms with Crippen LogP contribution in [0.2, 0.25) is 0 Å². The van der Waals surface area contributed by atoms with Crippen LogP contribution in [0.1, 0.15) is 94.2 Å². The molecular formula is C23H32N4OS. The molecule has 2 aliphatic carbocycles. The van der Waals surface area contributed by atoms with E-state index in [2.05, 4.69) is 72.0 Å². The summed E-state index contributed by atoms with van der Waals surface area (Å²) in [7, 11) is 0. The molecule has 1 amide bonds. The van der Waals surface area contributed by atoms with Crippen molar-refractivity contribution in [3.8, 4) is 0 Å². The molecule has 29 heavy (non-hydrogen) atoms. The van der Waals surface area contributed by atoms with Gasteiger partial charge in [0.2, 0.25) is 5.91 Å². The molecule has 1 heterocycles. The van der Waals surface area contributed by atoms with E-state index in [1.165, 1.54) is 48.6 Å². The van der Waals surface area contributed by atoms with Crippen molar-refractivity contribution in [2.24, 2.45) is 5.92 Å². The molecule has 2 aliphatic rings. The lowest BCUT2D eigenvalue weighted by Gasteiger charge is -2.23. The van der Waals surface area contributed by atoms with Gasteiger partial charge in [0.1, 0.15) is 5.82 Å². The number of carbonyl (C=O) groups excluding carboxylic acids is 1. The van der Waals surface area contributed by atoms with Gasteiger partial charge in [0.15, 0.2) is 5.16 Å². The number of aromatic nitrogens is 3. The molecule has 0 unspecified atom stereocenters. The van der Waals surface area contributed by atoms with E-state index in [0.29, 0.717) is 29.5 Å². The van der Waals surface area contributed by atoms with Gasteiger partial charge in [0, 0.05) is 12.0 Å². The third kappa shape index (κ3) is 4.85. The molecule has 0 bridgehead atoms. The maximum atomic E-state index is 12.7. The van der Waals surface area contributed by atoms with Gasteiger partial charge in [0.25, 0.3) is 0 Å². The Morgan fingerprint density at radius 3 is 2.28 bits per heavy atom. The van der Waals surface area contributed by atoms with Crippen LogP contribution >= 0.6 is 11.8 Å². The fourth-order valence-electron chi connectivity index (χ4n) is 3.75. The van der Waals surface area contributed by atoms with Crippen LogP contribution < -0.4 is 5.32 Å². The highest BCUT2D eigenvalue weighted by Gasteiger charge is 2.36. The number of amides is 1. The summed E-state index contributed by atoms with van der Waals surface area (Å²) in [6.07, 6.45) is 4.86. The Balaban J connectivity index is 1.39. The van der Waals surface area contributed by atoms with Gasteiger partial charge in [-0.1, -0.05) is 63.7 Å². The van der Waals surface area contributed by atoms with E-state index in [1.54, 1.807) is 0 Å². The third-order valence-corrected chi connectivity index (χ3v) is 6.77. The van der Waals surface area contributed by atoms with E-state index < -0.39 is 0 Å². The van der Waals surface area contributed by atoms with Crippen LogP contribution in [0.3, 0.4) is 0 Å². The quantitative estimate of drug-likeness (QED) is 0.574. The second-order valence-corrected chi connectivity index (χ2v) is 10.1. The zero-order valence-corrected chi connectivity index (χ0v) is 18.7. The maximum absolute atomic E-state index is 12.7. The molecule has 5 nitrogen and oxygen atoms in total. The van der Waals surface area contributed by atoms with E-state index in [1.807, 2.05) is 0 Å². The second kappa shape index (κ2) is 8.50. The van der Waals surface area contributed by atoms with Crippen molar-refractivity contribution < 1.29 is 4.79 Å². The van der Waals surface area contributed by atoms with E-state index in [4.69, 9.17) is 0 Å². The lowest BCUT2D eigenvalue weighted by atomic mass is 9.93. The molecule has 0 spiro atoms. The first kappa shape index (κ1) is 20.5. The van der Waals surface area contributed by atoms with Crippen molar-refractivity contribution in [2.45, 2.75) is 82.5 Å². The van der Waals surface area contributed by atoms with Gasteiger partial charge in [-0.3, -0.25) is 4.79 Å². The summed E-state index contributed by atoms with van der Waals surface area (Å²) in [5, 5.41) is 13.0. The normalized spacial score (nSPS) is 17.7. The average Bonchev–Trinajstić information content (AvgIpc) is 3.63. The first-order valence-electron chi connectivity index (χ1n) is 10.9. The summed E-state index contributed by atoms with van der Waals surface area (Å²) in [4.78, 5) is 12.7. The van der Waals surface area contributed by atoms with Crippen molar-refractivity contribution in [3.63, 3.8) is 0 Å². The van der Waals surface area contributed by atoms with Crippen LogP contribution in [-0.2, 0) is 4.79 Å². The standard InChI is InChI=1S/C23H32N4OS/c1-14(2)16-5-7-17(8-6-16)21(15(3)4)24-20(28)13-29-23-26-25-22(18-9-10-18)27(23)19-11-12-19/h5-8,14-15,18-19,21H,9-13H2,1-4H3,(H,24,28)/t21-/m0/s1. The number of hydrogen-bond acceptors (Lipinski definition) is 4. The van der Waals surface area contributed by atoms with Gasteiger partial charge in [-0.25, -0.2) is 0 Å². The van der Waals surface area contributed by atoms with Crippen molar-refractivity contribution >= 4 is 17.7 Å². The first-order valence-corrected chi connectivity index (χ1v) is 11.9. The SMILES string of the molecule is CC(C)c1ccc([C@@H](NC(=O)CSc2nnc(C3CC3)n2C2CC2)C(C)C)cc1. The Kier molecular flexibility index (Phi) is 6.00. The van der Waals surface area contributed by atoms with Crippen LogP contribution in [0.25, 0.3) is 0 Å². The lowest BCUT2D eigenvalue weighted by molar-refractivity contribution is -0.119. The van der Waals surface area contributed by atoms with E-state index in [0.717, 1.165) is 11.0 Å². The monoisotopic (exact) mass is 412 g/mol. The second-order valence-electron chi connectivity index (χ2n) is 9.12. The number of thioether (sulfide) groups is 1. The zero-order chi connectivity index (χ0) is 20.5. The number of nitrogens with zero attached hydrogens (tertiary/aromatic N) is 3. The molecule has 1 atom stereocenters. The molecule has 2 aromatic rings. The largest absolute Gasteiger partial charge is 0.348 e. The summed E-state index contributed by atoms with van der Waals surface area (Å²) in [5.74, 6) is 3.00. The molecule has 2 fully saturated rings. The summed E-state index contributed by atoms with van der Waals surface area (Å²) in [6.45, 7) is 8.70. The summed E-state index contributed by atoms with van der Waals surface area (Å²) in [6, 6.07) is 9.22. The van der Waals surface area contributed by atoms with Gasteiger partial charge >= 0.3 is 0 Å². The van der Waals surface area contributed by atoms with Gasteiger partial charge in [0.05, 0.1) is 11.8 Å². The number of nitrogens with one attached hydrogen (secondary N) is 1. The van der Waals surface area contributed by atoms with Crippen molar-refractivity contribution in [1.29, 1.82) is 0 Å². The van der Waals surface area contributed by atoms with E-state index in [-0.39, 0.29) is 11.9 Å². The predicted octanol–water partition coefficient (Wildman–Crippen LogP) is 5.22. The van der Waals surface area contributed by atoms with Crippen LogP contribution in [-0.4, -0.2) is 26.4 Å². The number of carbonyl (C=O) groups is 1. The smallest absolute Gasteiger partial charge is 0.230 e. The van der Waals surface area contributed by atoms with E-state index in [9.17, 15) is 4.79 Å². The highest BCUT2D eigenvalue weighted by atomic mass is 32.2. The first-order chi connectivity index (χ1) is 13.9. The van der Waals surface area contributed by atoms with Gasteiger partial charge in [-0.05, 0) is 48.6 Å². The van der Waals surface area contributed by atoms with Crippen molar-refractivity contribution in [2.75, 3.05) is 5.75 Å². The van der Waals surface area contributed by atoms with Gasteiger partial charge in [-0.15, -0.1) is 10.2 Å². The van der Waals surface area contributed by atoms with Gasteiger partial charge < -0.3 is 9.88 Å². The fraction of sp³-hybridized carbons (Fsp3) is 0.609. The molecule has 0 radical (unpaired) electrons. The minimum Gasteiger partial charge on any atom is -0.348 e. The Morgan fingerprint density at radius 2 is 1.72 bits per heavy atom. The Hall–Kier alpha value is -1.82. The van der Waals surface area contributed by atoms with Crippen LogP contribution in [0.4, 0.5) is 0 Å². The number of benzene rings is 1. The zero-order valence-electron chi connectivity index (χ0n) is 17.9. The molecule has 156 valence electrons. The highest BCUT2D eigenvalue weighted by molar-refractivity contribution is 7.99. The fourth-order valence-corrected chi connectivity index (χ4v) is 4.57. The van der Waals surface area contributed by atoms with Crippen molar-refractivity contribution in [1.82, 2.24) is 20.1 Å². The molecule has 1 aromatic carbocycles. The average molecular weight is 413 g/mol. The Labute approximate surface area is 178 Å². The topological polar surface area (TPSA) is 59.8 Å². The molecule has 2 saturated carbocycles. The van der Waals surface area contributed by atoms with Crippen LogP contribution in [0.15, 0.2) is 29.4 Å². The number of hydrogen-bond donors (Lipinski definition) is 1. The minimum atomic E-state index is 0.0210. The minimum absolute atomic E-state index is 0.0210. The lowest BCUT2D eigenvalue weighted by Crippen LogP contribution is -2.33. The van der Waals surface area contributed by atoms with Gasteiger partial charge in [-0.2, -0.15) is 0 Å². The number of rotatable bonds is 9. The Bertz CT molecular complexity index is 850. The molecule has 6 heteroatoms. The third-order valence-electron chi connectivity index (χ3n) is 5.82. The molecule has 1 N–H and O–H groups in total. The molecular weight excluding hydrogens is 380 g/mol.